The number of halogens is 3. The van der Waals surface area contributed by atoms with Crippen molar-refractivity contribution in [2.45, 2.75) is 383 Å². The Morgan fingerprint density at radius 3 is 0.444 bits per heavy atom. The van der Waals surface area contributed by atoms with E-state index in [2.05, 4.69) is 393 Å². The highest BCUT2D eigenvalue weighted by Gasteiger charge is 2.41. The molecule has 0 fully saturated rings. The second kappa shape index (κ2) is 77.9. The standard InChI is InChI=1S/C33H45S.C22H30I.2C13H13S.C12H10S.12C2H6.I2/c1-16-19(4)25(10)31(26(11)20(16)5)34(32-27(12)21(6)17(2)22(7)28(32)13)33-29(14)23(8)18(3)24(9)30(33)15;1-11-13(3)17(7)21(18(8)14(11)4)23-22-19(9)15(5)12(2)16(6)20(22)10;2*1-14(12-8-4-2-5-9-12)13-10-6-3-7-11-13;1-3-7-11(8-4-1)13-12-9-5-2-6-10-12;13*1-2/h1-15H3;1-10H3;2*2-11H,1H3;1-10H;12*1-2H3;/q4*+1;;;;;;;;;;;;;;. The lowest BCUT2D eigenvalue weighted by molar-refractivity contribution is -0.600. The summed E-state index contributed by atoms with van der Waals surface area (Å²) in [5, 5.41) is 0. The van der Waals surface area contributed by atoms with E-state index in [-0.39, 0.29) is 53.9 Å². The molecule has 0 atom stereocenters. The molecule has 11 rings (SSSR count). The molecule has 692 valence electrons. The van der Waals surface area contributed by atoms with Crippen LogP contribution >= 0.6 is 49.0 Å². The summed E-state index contributed by atoms with van der Waals surface area (Å²) >= 11 is 5.88. The van der Waals surface area contributed by atoms with E-state index < -0.39 is 0 Å². The molecule has 0 radical (unpaired) electrons. The minimum absolute atomic E-state index is 0.151. The Kier molecular flexibility index (Phi) is 83.0. The maximum absolute atomic E-state index is 2.36. The Balaban J connectivity index is -0.000000267. The van der Waals surface area contributed by atoms with Crippen LogP contribution in [0.2, 0.25) is 0 Å². The first-order valence-corrected chi connectivity index (χ1v) is 60.4. The molecule has 0 nitrogen and oxygen atoms in total. The van der Waals surface area contributed by atoms with Crippen molar-refractivity contribution in [2.24, 2.45) is 0 Å². The zero-order valence-corrected chi connectivity index (χ0v) is 98.8. The van der Waals surface area contributed by atoms with Gasteiger partial charge in [0.15, 0.2) is 34.3 Å². The summed E-state index contributed by atoms with van der Waals surface area (Å²) in [6.45, 7) is 106. The Bertz CT molecular complexity index is 3970. The highest BCUT2D eigenvalue weighted by molar-refractivity contribution is 15.0. The van der Waals surface area contributed by atoms with Gasteiger partial charge in [0.1, 0.15) is 23.4 Å². The average Bonchev–Trinajstić information content (AvgIpc) is 0.732. The minimum Gasteiger partial charge on any atom is -0.0901 e. The SMILES string of the molecule is CC.CC.CC.CC.CC.CC.CC.CC.CC.CC.CC.CC.C[S+](c1ccccc1)c1ccccc1.C[S+](c1ccccc1)c1ccccc1.Cc1c(C)c(C)c([I+]c2c(C)c(C)c(C)c(C)c2C)c(C)c1C.Cc1c(C)c(C)c([S+](c2c(C)c(C)c(C)c(C)c2C)c2c(C)c(C)c(C)c(C)c2C)c(C)c1C.II.c1ccc(Sc2ccccc2)cc1. The number of rotatable bonds is 11. The van der Waals surface area contributed by atoms with E-state index in [9.17, 15) is 0 Å². The fourth-order valence-corrected chi connectivity index (χ4v) is 23.6. The molecule has 124 heavy (non-hydrogen) atoms. The summed E-state index contributed by atoms with van der Waals surface area (Å²) in [6.07, 6.45) is 4.54. The van der Waals surface area contributed by atoms with Crippen molar-refractivity contribution in [2.75, 3.05) is 12.5 Å². The summed E-state index contributed by atoms with van der Waals surface area (Å²) in [4.78, 5) is 12.8. The zero-order valence-electron chi connectivity index (χ0n) is 89.1. The topological polar surface area (TPSA) is 0 Å². The molecular weight excluding hydrogens is 1910 g/mol. The summed E-state index contributed by atoms with van der Waals surface area (Å²) < 4.78 is 3.27. The van der Waals surface area contributed by atoms with Gasteiger partial charge in [-0.25, -0.2) is 0 Å². The lowest BCUT2D eigenvalue weighted by Crippen LogP contribution is -3.62. The van der Waals surface area contributed by atoms with Gasteiger partial charge in [-0.1, -0.05) is 287 Å². The molecule has 11 aromatic carbocycles. The molecule has 0 saturated carbocycles. The molecule has 0 aliphatic carbocycles. The first kappa shape index (κ1) is 132. The lowest BCUT2D eigenvalue weighted by atomic mass is 9.94. The van der Waals surface area contributed by atoms with Gasteiger partial charge >= 0.3 is 21.2 Å². The number of hydrogen-bond acceptors (Lipinski definition) is 1. The van der Waals surface area contributed by atoms with Crippen LogP contribution in [-0.4, -0.2) is 12.5 Å². The third-order valence-electron chi connectivity index (χ3n) is 21.5. The molecule has 0 unspecified atom stereocenters. The van der Waals surface area contributed by atoms with Crippen LogP contribution in [0.3, 0.4) is 0 Å². The molecule has 0 heterocycles. The van der Waals surface area contributed by atoms with Gasteiger partial charge in [-0.15, -0.1) is 0 Å². The van der Waals surface area contributed by atoms with E-state index >= 15 is 0 Å². The third-order valence-corrected chi connectivity index (χ3v) is 33.8. The maximum Gasteiger partial charge on any atom is 0.359 e. The van der Waals surface area contributed by atoms with E-state index in [1.54, 1.807) is 33.6 Å². The normalized spacial score (nSPS) is 9.29. The Morgan fingerprint density at radius 2 is 0.298 bits per heavy atom. The molecule has 0 N–H and O–H groups in total. The fourth-order valence-electron chi connectivity index (χ4n) is 12.8. The molecule has 0 spiro atoms. The van der Waals surface area contributed by atoms with Crippen molar-refractivity contribution in [1.29, 1.82) is 0 Å². The summed E-state index contributed by atoms with van der Waals surface area (Å²) in [5.41, 5.74) is 36.8. The molecule has 0 aliphatic rings. The first-order chi connectivity index (χ1) is 59.5. The summed E-state index contributed by atoms with van der Waals surface area (Å²) in [6, 6.07) is 63.4. The van der Waals surface area contributed by atoms with Crippen LogP contribution in [0.15, 0.2) is 226 Å². The Morgan fingerprint density at radius 1 is 0.177 bits per heavy atom. The van der Waals surface area contributed by atoms with Crippen LogP contribution in [0.1, 0.15) is 305 Å². The van der Waals surface area contributed by atoms with Crippen molar-refractivity contribution in [3.05, 3.63) is 328 Å². The quantitative estimate of drug-likeness (QED) is 0.0919. The van der Waals surface area contributed by atoms with Gasteiger partial charge in [0.25, 0.3) is 0 Å². The molecule has 7 heteroatoms. The largest absolute Gasteiger partial charge is 0.359 e. The van der Waals surface area contributed by atoms with Crippen LogP contribution in [0.5, 0.6) is 0 Å². The van der Waals surface area contributed by atoms with E-state index in [1.165, 1.54) is 168 Å². The van der Waals surface area contributed by atoms with Crippen LogP contribution in [-0.2, 0) is 32.7 Å². The number of benzene rings is 11. The fraction of sp³-hybridized carbons (Fsp3) is 0.436. The van der Waals surface area contributed by atoms with Gasteiger partial charge in [-0.05, 0) is 329 Å². The maximum atomic E-state index is 2.36. The van der Waals surface area contributed by atoms with Crippen molar-refractivity contribution in [3.8, 4) is 0 Å². The zero-order chi connectivity index (χ0) is 98.1. The molecule has 0 saturated heterocycles. The minimum atomic E-state index is -0.171. The van der Waals surface area contributed by atoms with Crippen molar-refractivity contribution in [1.82, 2.24) is 0 Å². The van der Waals surface area contributed by atoms with E-state index in [4.69, 9.17) is 0 Å². The average molecular weight is 2100 g/mol. The van der Waals surface area contributed by atoms with Gasteiger partial charge < -0.3 is 0 Å². The second-order valence-electron chi connectivity index (χ2n) is 26.6. The van der Waals surface area contributed by atoms with Crippen molar-refractivity contribution < 1.29 is 21.2 Å². The molecular formula is C117H183I3S4+4. The van der Waals surface area contributed by atoms with Gasteiger partial charge in [-0.2, -0.15) is 0 Å². The second-order valence-corrected chi connectivity index (χ2v) is 36.2. The van der Waals surface area contributed by atoms with E-state index in [0.29, 0.717) is 0 Å². The molecule has 0 aliphatic heterocycles. The van der Waals surface area contributed by atoms with E-state index in [0.717, 1.165) is 0 Å². The van der Waals surface area contributed by atoms with Gasteiger partial charge in [0, 0.05) is 103 Å². The number of hydrogen-bond donors (Lipinski definition) is 0. The predicted molar refractivity (Wildman–Crippen MR) is 597 cm³/mol. The first-order valence-electron chi connectivity index (χ1n) is 46.6. The highest BCUT2D eigenvalue weighted by atomic mass is 128. The van der Waals surface area contributed by atoms with E-state index in [1.807, 2.05) is 178 Å². The van der Waals surface area contributed by atoms with Crippen LogP contribution in [0, 0.1) is 180 Å². The van der Waals surface area contributed by atoms with Crippen molar-refractivity contribution >= 4 is 81.7 Å². The summed E-state index contributed by atoms with van der Waals surface area (Å²) in [5.74, 6) is 0. The molecule has 0 bridgehead atoms. The third kappa shape index (κ3) is 39.8. The van der Waals surface area contributed by atoms with Crippen molar-refractivity contribution in [3.63, 3.8) is 0 Å². The highest BCUT2D eigenvalue weighted by Crippen LogP contribution is 2.47. The van der Waals surface area contributed by atoms with Gasteiger partial charge in [0.05, 0.1) is 21.8 Å². The molecule has 0 amide bonds. The lowest BCUT2D eigenvalue weighted by Gasteiger charge is -2.25. The molecule has 11 aromatic rings. The predicted octanol–water partition coefficient (Wildman–Crippen LogP) is 36.9. The smallest absolute Gasteiger partial charge is 0.0901 e. The van der Waals surface area contributed by atoms with Crippen LogP contribution < -0.4 is 21.2 Å². The van der Waals surface area contributed by atoms with Crippen LogP contribution in [0.4, 0.5) is 0 Å². The summed E-state index contributed by atoms with van der Waals surface area (Å²) in [7, 11) is 0.236. The monoisotopic (exact) mass is 2100 g/mol. The van der Waals surface area contributed by atoms with Gasteiger partial charge in [-0.3, -0.25) is 0 Å². The van der Waals surface area contributed by atoms with Crippen LogP contribution in [0.25, 0.3) is 0 Å². The Labute approximate surface area is 818 Å². The van der Waals surface area contributed by atoms with Gasteiger partial charge in [0.2, 0.25) is 7.14 Å². The molecule has 0 aromatic heterocycles. The Hall–Kier alpha value is -4.99.